The highest BCUT2D eigenvalue weighted by atomic mass is 35.5. The van der Waals surface area contributed by atoms with Gasteiger partial charge >= 0.3 is 5.97 Å². The Morgan fingerprint density at radius 3 is 2.70 bits per heavy atom. The summed E-state index contributed by atoms with van der Waals surface area (Å²) in [7, 11) is 2.95. The normalized spacial score (nSPS) is 9.95. The zero-order chi connectivity index (χ0) is 15.0. The monoisotopic (exact) mass is 301 g/mol. The maximum absolute atomic E-state index is 11.8. The van der Waals surface area contributed by atoms with Gasteiger partial charge in [0.25, 0.3) is 5.91 Å². The Morgan fingerprint density at radius 1 is 1.30 bits per heavy atom. The highest BCUT2D eigenvalue weighted by Gasteiger charge is 2.15. The van der Waals surface area contributed by atoms with Gasteiger partial charge in [-0.05, 0) is 18.2 Å². The number of hydrogen-bond acceptors (Lipinski definition) is 5. The predicted molar refractivity (Wildman–Crippen MR) is 73.2 cm³/mol. The number of benzene rings is 1. The van der Waals surface area contributed by atoms with E-state index in [-0.39, 0.29) is 12.2 Å². The van der Waals surface area contributed by atoms with E-state index in [9.17, 15) is 9.59 Å². The molecular formula is C13H16ClNO5. The molecule has 0 saturated carbocycles. The molecule has 0 spiro atoms. The average Bonchev–Trinajstić information content (AvgIpc) is 2.45. The summed E-state index contributed by atoms with van der Waals surface area (Å²) in [6.45, 7) is 0.368. The number of rotatable bonds is 7. The number of methoxy groups -OCH3 is 2. The number of hydrogen-bond donors (Lipinski definition) is 1. The van der Waals surface area contributed by atoms with Crippen LogP contribution >= 0.6 is 11.6 Å². The molecule has 1 aromatic carbocycles. The van der Waals surface area contributed by atoms with Crippen LogP contribution in [-0.2, 0) is 14.3 Å². The minimum absolute atomic E-state index is 0.171. The molecule has 1 aromatic rings. The molecule has 0 aromatic heterocycles. The molecule has 1 N–H and O–H groups in total. The van der Waals surface area contributed by atoms with Gasteiger partial charge in [0.1, 0.15) is 11.3 Å². The number of esters is 1. The summed E-state index contributed by atoms with van der Waals surface area (Å²) in [5.41, 5.74) is 0.171. The number of carbonyl (C=O) groups excluding carboxylic acids is 2. The fourth-order valence-corrected chi connectivity index (χ4v) is 1.56. The van der Waals surface area contributed by atoms with Crippen molar-refractivity contribution in [3.05, 3.63) is 28.8 Å². The number of ether oxygens (including phenoxy) is 3. The molecule has 0 saturated heterocycles. The fraction of sp³-hybridized carbons (Fsp3) is 0.385. The third-order valence-electron chi connectivity index (χ3n) is 2.34. The van der Waals surface area contributed by atoms with Crippen LogP contribution in [-0.4, -0.2) is 45.9 Å². The maximum atomic E-state index is 11.8. The van der Waals surface area contributed by atoms with E-state index in [4.69, 9.17) is 25.8 Å². The minimum atomic E-state index is -0.675. The van der Waals surface area contributed by atoms with Crippen molar-refractivity contribution in [1.29, 1.82) is 0 Å². The van der Waals surface area contributed by atoms with Crippen LogP contribution < -0.4 is 10.1 Å². The van der Waals surface area contributed by atoms with Crippen LogP contribution in [0.15, 0.2) is 18.2 Å². The van der Waals surface area contributed by atoms with Crippen molar-refractivity contribution in [2.45, 2.75) is 0 Å². The minimum Gasteiger partial charge on any atom is -0.496 e. The standard InChI is InChI=1S/C13H16ClNO5/c1-18-6-5-15-12(16)8-20-13(17)10-7-9(14)3-4-11(10)19-2/h3-4,7H,5-6,8H2,1-2H3,(H,15,16). The van der Waals surface area contributed by atoms with E-state index in [0.29, 0.717) is 23.9 Å². The Labute approximate surface area is 122 Å². The molecule has 1 rings (SSSR count). The van der Waals surface area contributed by atoms with E-state index in [0.717, 1.165) is 0 Å². The van der Waals surface area contributed by atoms with Gasteiger partial charge < -0.3 is 19.5 Å². The third-order valence-corrected chi connectivity index (χ3v) is 2.58. The Hall–Kier alpha value is -1.79. The number of carbonyl (C=O) groups is 2. The molecule has 0 aliphatic carbocycles. The number of halogens is 1. The summed E-state index contributed by atoms with van der Waals surface area (Å²) in [6.07, 6.45) is 0. The molecule has 1 amide bonds. The summed E-state index contributed by atoms with van der Waals surface area (Å²) < 4.78 is 14.7. The second-order valence-corrected chi connectivity index (χ2v) is 4.20. The molecule has 0 atom stereocenters. The van der Waals surface area contributed by atoms with E-state index in [1.807, 2.05) is 0 Å². The van der Waals surface area contributed by atoms with Gasteiger partial charge in [0.05, 0.1) is 13.7 Å². The van der Waals surface area contributed by atoms with Gasteiger partial charge in [-0.1, -0.05) is 11.6 Å². The van der Waals surface area contributed by atoms with Crippen LogP contribution in [0.3, 0.4) is 0 Å². The summed E-state index contributed by atoms with van der Waals surface area (Å²) in [6, 6.07) is 4.57. The van der Waals surface area contributed by atoms with Crippen LogP contribution in [0.2, 0.25) is 5.02 Å². The first-order valence-corrected chi connectivity index (χ1v) is 6.22. The molecule has 0 aliphatic rings. The molecule has 6 nitrogen and oxygen atoms in total. The molecular weight excluding hydrogens is 286 g/mol. The molecule has 0 aliphatic heterocycles. The molecule has 0 fully saturated rings. The van der Waals surface area contributed by atoms with E-state index in [2.05, 4.69) is 5.32 Å². The summed E-state index contributed by atoms with van der Waals surface area (Å²) in [5, 5.41) is 2.91. The number of nitrogens with one attached hydrogen (secondary N) is 1. The fourth-order valence-electron chi connectivity index (χ4n) is 1.39. The quantitative estimate of drug-likeness (QED) is 0.606. The van der Waals surface area contributed by atoms with Crippen LogP contribution in [0.25, 0.3) is 0 Å². The van der Waals surface area contributed by atoms with Crippen molar-refractivity contribution in [1.82, 2.24) is 5.32 Å². The van der Waals surface area contributed by atoms with Crippen molar-refractivity contribution in [2.24, 2.45) is 0 Å². The first-order valence-electron chi connectivity index (χ1n) is 5.84. The predicted octanol–water partition coefficient (Wildman–Crippen LogP) is 1.27. The smallest absolute Gasteiger partial charge is 0.342 e. The SMILES string of the molecule is COCCNC(=O)COC(=O)c1cc(Cl)ccc1OC. The molecule has 7 heteroatoms. The van der Waals surface area contributed by atoms with E-state index in [1.54, 1.807) is 12.1 Å². The third kappa shape index (κ3) is 5.07. The highest BCUT2D eigenvalue weighted by molar-refractivity contribution is 6.31. The van der Waals surface area contributed by atoms with Crippen LogP contribution in [0.5, 0.6) is 5.75 Å². The lowest BCUT2D eigenvalue weighted by Gasteiger charge is -2.09. The second kappa shape index (κ2) is 8.39. The van der Waals surface area contributed by atoms with E-state index in [1.165, 1.54) is 20.3 Å². The van der Waals surface area contributed by atoms with Gasteiger partial charge in [0, 0.05) is 18.7 Å². The zero-order valence-electron chi connectivity index (χ0n) is 11.3. The molecule has 0 radical (unpaired) electrons. The summed E-state index contributed by atoms with van der Waals surface area (Å²) in [5.74, 6) is -0.748. The lowest BCUT2D eigenvalue weighted by atomic mass is 10.2. The van der Waals surface area contributed by atoms with Crippen molar-refractivity contribution in [2.75, 3.05) is 34.0 Å². The lowest BCUT2D eigenvalue weighted by Crippen LogP contribution is -2.31. The van der Waals surface area contributed by atoms with Crippen LogP contribution in [0.1, 0.15) is 10.4 Å². The van der Waals surface area contributed by atoms with Crippen LogP contribution in [0.4, 0.5) is 0 Å². The Morgan fingerprint density at radius 2 is 2.05 bits per heavy atom. The Balaban J connectivity index is 2.54. The summed E-state index contributed by atoms with van der Waals surface area (Å²) in [4.78, 5) is 23.2. The van der Waals surface area contributed by atoms with Crippen molar-refractivity contribution >= 4 is 23.5 Å². The van der Waals surface area contributed by atoms with E-state index < -0.39 is 11.9 Å². The van der Waals surface area contributed by atoms with E-state index >= 15 is 0 Å². The molecule has 0 heterocycles. The Kier molecular flexibility index (Phi) is 6.83. The van der Waals surface area contributed by atoms with Gasteiger partial charge in [-0.15, -0.1) is 0 Å². The van der Waals surface area contributed by atoms with Gasteiger partial charge in [-0.2, -0.15) is 0 Å². The number of amides is 1. The Bertz CT molecular complexity index is 478. The van der Waals surface area contributed by atoms with Gasteiger partial charge in [0.2, 0.25) is 0 Å². The maximum Gasteiger partial charge on any atom is 0.342 e. The highest BCUT2D eigenvalue weighted by Crippen LogP contribution is 2.23. The topological polar surface area (TPSA) is 73.9 Å². The summed E-state index contributed by atoms with van der Waals surface area (Å²) >= 11 is 5.81. The molecule has 0 bridgehead atoms. The van der Waals surface area contributed by atoms with Gasteiger partial charge in [-0.25, -0.2) is 4.79 Å². The first kappa shape index (κ1) is 16.3. The lowest BCUT2D eigenvalue weighted by molar-refractivity contribution is -0.124. The molecule has 110 valence electrons. The zero-order valence-corrected chi connectivity index (χ0v) is 12.0. The molecule has 0 unspecified atom stereocenters. The van der Waals surface area contributed by atoms with Crippen LogP contribution in [0, 0.1) is 0 Å². The largest absolute Gasteiger partial charge is 0.496 e. The van der Waals surface area contributed by atoms with Crippen molar-refractivity contribution < 1.29 is 23.8 Å². The second-order valence-electron chi connectivity index (χ2n) is 3.76. The van der Waals surface area contributed by atoms with Gasteiger partial charge in [-0.3, -0.25) is 4.79 Å². The van der Waals surface area contributed by atoms with Crippen molar-refractivity contribution in [3.8, 4) is 5.75 Å². The average molecular weight is 302 g/mol. The molecule has 20 heavy (non-hydrogen) atoms. The van der Waals surface area contributed by atoms with Gasteiger partial charge in [0.15, 0.2) is 6.61 Å². The van der Waals surface area contributed by atoms with Crippen molar-refractivity contribution in [3.63, 3.8) is 0 Å². The first-order chi connectivity index (χ1) is 9.58.